The monoisotopic (exact) mass is 353 g/mol. The van der Waals surface area contributed by atoms with Crippen molar-refractivity contribution in [3.05, 3.63) is 42.5 Å². The molecule has 0 bridgehead atoms. The lowest BCUT2D eigenvalue weighted by Gasteiger charge is -2.23. The smallest absolute Gasteiger partial charge is 0.259 e. The van der Waals surface area contributed by atoms with E-state index in [2.05, 4.69) is 19.9 Å². The number of carbonyl (C=O) groups is 1. The van der Waals surface area contributed by atoms with Crippen molar-refractivity contribution in [3.8, 4) is 5.88 Å². The first-order chi connectivity index (χ1) is 12.6. The molecule has 0 radical (unpaired) electrons. The Bertz CT molecular complexity index is 769. The first-order valence-corrected chi connectivity index (χ1v) is 9.03. The van der Waals surface area contributed by atoms with Gasteiger partial charge in [-0.2, -0.15) is 0 Å². The van der Waals surface area contributed by atoms with Gasteiger partial charge in [-0.3, -0.25) is 4.79 Å². The maximum absolute atomic E-state index is 13.0. The number of pyridine rings is 1. The van der Waals surface area contributed by atoms with Crippen LogP contribution in [0.2, 0.25) is 0 Å². The van der Waals surface area contributed by atoms with Gasteiger partial charge in [-0.1, -0.05) is 0 Å². The van der Waals surface area contributed by atoms with Crippen LogP contribution >= 0.6 is 0 Å². The number of carbonyl (C=O) groups excluding carboxylic acids is 1. The minimum absolute atomic E-state index is 0.0109. The highest BCUT2D eigenvalue weighted by atomic mass is 16.5. The summed E-state index contributed by atoms with van der Waals surface area (Å²) in [5.74, 6) is 2.34. The summed E-state index contributed by atoms with van der Waals surface area (Å²) in [5, 5.41) is 0. The van der Waals surface area contributed by atoms with Gasteiger partial charge in [0.25, 0.3) is 5.91 Å². The third-order valence-electron chi connectivity index (χ3n) is 5.01. The van der Waals surface area contributed by atoms with Gasteiger partial charge in [0.1, 0.15) is 17.7 Å². The van der Waals surface area contributed by atoms with E-state index in [0.29, 0.717) is 23.3 Å². The van der Waals surface area contributed by atoms with Crippen molar-refractivity contribution in [2.75, 3.05) is 31.1 Å². The second kappa shape index (κ2) is 6.90. The second-order valence-electron chi connectivity index (χ2n) is 7.23. The molecule has 2 aromatic rings. The number of ether oxygens (including phenoxy) is 1. The van der Waals surface area contributed by atoms with E-state index in [9.17, 15) is 4.79 Å². The van der Waals surface area contributed by atoms with E-state index < -0.39 is 0 Å². The maximum atomic E-state index is 13.0. The molecule has 2 saturated heterocycles. The van der Waals surface area contributed by atoms with Gasteiger partial charge >= 0.3 is 0 Å². The van der Waals surface area contributed by atoms with Gasteiger partial charge in [0.2, 0.25) is 5.88 Å². The minimum atomic E-state index is -0.0178. The molecule has 0 saturated carbocycles. The Morgan fingerprint density at radius 3 is 2.54 bits per heavy atom. The number of nitrogens with zero attached hydrogens (tertiary/aromatic N) is 5. The van der Waals surface area contributed by atoms with Crippen LogP contribution < -0.4 is 9.64 Å². The van der Waals surface area contributed by atoms with E-state index in [1.807, 2.05) is 24.8 Å². The Morgan fingerprint density at radius 2 is 1.88 bits per heavy atom. The Hall–Kier alpha value is -2.70. The molecule has 26 heavy (non-hydrogen) atoms. The van der Waals surface area contributed by atoms with E-state index in [1.54, 1.807) is 30.9 Å². The van der Waals surface area contributed by atoms with Crippen LogP contribution in [-0.2, 0) is 0 Å². The number of anilines is 1. The maximum Gasteiger partial charge on any atom is 0.259 e. The zero-order valence-electron chi connectivity index (χ0n) is 15.1. The summed E-state index contributed by atoms with van der Waals surface area (Å²) in [4.78, 5) is 29.8. The molecule has 136 valence electrons. The second-order valence-corrected chi connectivity index (χ2v) is 7.23. The molecule has 2 aliphatic heterocycles. The van der Waals surface area contributed by atoms with Crippen molar-refractivity contribution in [1.29, 1.82) is 0 Å². The third kappa shape index (κ3) is 3.21. The van der Waals surface area contributed by atoms with Crippen LogP contribution in [-0.4, -0.2) is 58.0 Å². The summed E-state index contributed by atoms with van der Waals surface area (Å²) in [6.07, 6.45) is 4.99. The van der Waals surface area contributed by atoms with Crippen molar-refractivity contribution in [2.24, 2.45) is 11.8 Å². The number of hydrogen-bond acceptors (Lipinski definition) is 6. The number of rotatable bonds is 4. The highest BCUT2D eigenvalue weighted by Gasteiger charge is 2.42. The van der Waals surface area contributed by atoms with Gasteiger partial charge in [-0.25, -0.2) is 15.0 Å². The topological polar surface area (TPSA) is 71.5 Å². The summed E-state index contributed by atoms with van der Waals surface area (Å²) in [7, 11) is 0. The predicted molar refractivity (Wildman–Crippen MR) is 97.1 cm³/mol. The predicted octanol–water partition coefficient (Wildman–Crippen LogP) is 1.87. The largest absolute Gasteiger partial charge is 0.474 e. The Labute approximate surface area is 153 Å². The molecular formula is C19H23N5O2. The van der Waals surface area contributed by atoms with Gasteiger partial charge in [-0.15, -0.1) is 0 Å². The first-order valence-electron chi connectivity index (χ1n) is 9.03. The molecule has 4 heterocycles. The van der Waals surface area contributed by atoms with Gasteiger partial charge in [-0.05, 0) is 32.0 Å². The highest BCUT2D eigenvalue weighted by Crippen LogP contribution is 2.34. The number of aromatic nitrogens is 3. The quantitative estimate of drug-likeness (QED) is 0.836. The molecule has 2 aliphatic rings. The molecule has 2 aromatic heterocycles. The zero-order valence-corrected chi connectivity index (χ0v) is 15.1. The fraction of sp³-hybridized carbons (Fsp3) is 0.474. The summed E-state index contributed by atoms with van der Waals surface area (Å²) >= 11 is 0. The van der Waals surface area contributed by atoms with Gasteiger partial charge in [0.15, 0.2) is 0 Å². The molecule has 7 heteroatoms. The van der Waals surface area contributed by atoms with Crippen LogP contribution in [0.1, 0.15) is 24.2 Å². The van der Waals surface area contributed by atoms with Crippen LogP contribution in [0.15, 0.2) is 36.9 Å². The fourth-order valence-corrected chi connectivity index (χ4v) is 3.86. The molecule has 1 amide bonds. The number of amides is 1. The third-order valence-corrected chi connectivity index (χ3v) is 5.01. The molecule has 7 nitrogen and oxygen atoms in total. The average molecular weight is 353 g/mol. The van der Waals surface area contributed by atoms with Crippen molar-refractivity contribution < 1.29 is 9.53 Å². The normalized spacial score (nSPS) is 22.0. The van der Waals surface area contributed by atoms with Crippen molar-refractivity contribution in [3.63, 3.8) is 0 Å². The van der Waals surface area contributed by atoms with Crippen LogP contribution in [0.5, 0.6) is 5.88 Å². The van der Waals surface area contributed by atoms with Gasteiger partial charge < -0.3 is 14.5 Å². The summed E-state index contributed by atoms with van der Waals surface area (Å²) < 4.78 is 5.71. The molecule has 2 atom stereocenters. The van der Waals surface area contributed by atoms with Crippen LogP contribution in [0.25, 0.3) is 0 Å². The lowest BCUT2D eigenvalue weighted by molar-refractivity contribution is 0.0775. The van der Waals surface area contributed by atoms with Crippen molar-refractivity contribution >= 4 is 11.7 Å². The highest BCUT2D eigenvalue weighted by molar-refractivity contribution is 5.96. The van der Waals surface area contributed by atoms with Crippen LogP contribution in [0, 0.1) is 11.8 Å². The Kier molecular flexibility index (Phi) is 4.44. The van der Waals surface area contributed by atoms with Gasteiger partial charge in [0.05, 0.1) is 6.10 Å². The molecular weight excluding hydrogens is 330 g/mol. The van der Waals surface area contributed by atoms with E-state index in [1.165, 1.54) is 0 Å². The standard InChI is InChI=1S/C19H23N5O2/c1-13(2)26-18-16(4-3-6-21-18)19(25)24-10-14-8-23(9-15(14)11-24)17-5-7-20-12-22-17/h3-7,12-15H,8-11H2,1-2H3/t14-,15+. The molecule has 0 spiro atoms. The number of likely N-dealkylation sites (tertiary alicyclic amines) is 1. The van der Waals surface area contributed by atoms with Crippen LogP contribution in [0.3, 0.4) is 0 Å². The summed E-state index contributed by atoms with van der Waals surface area (Å²) in [6, 6.07) is 5.53. The Morgan fingerprint density at radius 1 is 1.12 bits per heavy atom. The first kappa shape index (κ1) is 16.8. The fourth-order valence-electron chi connectivity index (χ4n) is 3.86. The van der Waals surface area contributed by atoms with Crippen LogP contribution in [0.4, 0.5) is 5.82 Å². The summed E-state index contributed by atoms with van der Waals surface area (Å²) in [5.41, 5.74) is 0.550. The molecule has 0 aromatic carbocycles. The molecule has 0 N–H and O–H groups in total. The lowest BCUT2D eigenvalue weighted by Crippen LogP contribution is -2.34. The minimum Gasteiger partial charge on any atom is -0.474 e. The van der Waals surface area contributed by atoms with Crippen molar-refractivity contribution in [1.82, 2.24) is 19.9 Å². The molecule has 4 rings (SSSR count). The Balaban J connectivity index is 1.44. The molecule has 0 unspecified atom stereocenters. The number of fused-ring (bicyclic) bond motifs is 1. The SMILES string of the molecule is CC(C)Oc1ncccc1C(=O)N1C[C@@H]2CN(c3ccncn3)C[C@@H]2C1. The van der Waals surface area contributed by atoms with Gasteiger partial charge in [0, 0.05) is 50.4 Å². The average Bonchev–Trinajstić information content (AvgIpc) is 3.21. The van der Waals surface area contributed by atoms with E-state index in [-0.39, 0.29) is 12.0 Å². The number of hydrogen-bond donors (Lipinski definition) is 0. The van der Waals surface area contributed by atoms with E-state index in [0.717, 1.165) is 32.0 Å². The van der Waals surface area contributed by atoms with E-state index >= 15 is 0 Å². The lowest BCUT2D eigenvalue weighted by atomic mass is 10.0. The summed E-state index contributed by atoms with van der Waals surface area (Å²) in [6.45, 7) is 7.25. The zero-order chi connectivity index (χ0) is 18.1. The molecule has 2 fully saturated rings. The molecule has 0 aliphatic carbocycles. The van der Waals surface area contributed by atoms with E-state index in [4.69, 9.17) is 4.74 Å². The van der Waals surface area contributed by atoms with Crippen molar-refractivity contribution in [2.45, 2.75) is 20.0 Å².